The second kappa shape index (κ2) is 6.17. The van der Waals surface area contributed by atoms with Crippen molar-refractivity contribution in [3.8, 4) is 17.3 Å². The normalized spacial score (nSPS) is 27.9. The van der Waals surface area contributed by atoms with E-state index in [9.17, 15) is 5.26 Å². The molecule has 0 spiro atoms. The molecule has 5 rings (SSSR count). The molecular weight excluding hydrogens is 338 g/mol. The van der Waals surface area contributed by atoms with Crippen LogP contribution < -0.4 is 0 Å². The average molecular weight is 361 g/mol. The van der Waals surface area contributed by atoms with Gasteiger partial charge in [0.1, 0.15) is 12.0 Å². The fraction of sp³-hybridized carbons (Fsp3) is 0.500. The van der Waals surface area contributed by atoms with Gasteiger partial charge < -0.3 is 9.88 Å². The van der Waals surface area contributed by atoms with Gasteiger partial charge >= 0.3 is 0 Å². The first-order valence-corrected chi connectivity index (χ1v) is 9.65. The Bertz CT molecular complexity index is 997. The van der Waals surface area contributed by atoms with Gasteiger partial charge in [0.15, 0.2) is 0 Å². The molecule has 4 heterocycles. The standard InChI is InChI=1S/C20H23N7/c1-2-26-10-14-7-20(4-5-21,8-15(14)11-26)27-12-16(9-25-27)18-17-3-6-22-19(17)24-13-23-18/h3,6,9,12-15H,2,4,7-8,10-11H2,1H3,(H,22,23,24)/t14-,15+,20+. The quantitative estimate of drug-likeness (QED) is 0.772. The first-order chi connectivity index (χ1) is 13.2. The molecule has 2 aliphatic rings. The third-order valence-corrected chi connectivity index (χ3v) is 6.49. The van der Waals surface area contributed by atoms with E-state index in [1.807, 2.05) is 18.5 Å². The van der Waals surface area contributed by atoms with Crippen molar-refractivity contribution >= 4 is 11.0 Å². The van der Waals surface area contributed by atoms with Crippen molar-refractivity contribution in [3.05, 3.63) is 31.0 Å². The lowest BCUT2D eigenvalue weighted by molar-refractivity contribution is 0.222. The van der Waals surface area contributed by atoms with Crippen LogP contribution >= 0.6 is 0 Å². The minimum atomic E-state index is -0.188. The van der Waals surface area contributed by atoms with Crippen molar-refractivity contribution in [1.29, 1.82) is 5.26 Å². The molecule has 0 bridgehead atoms. The molecule has 3 aromatic heterocycles. The van der Waals surface area contributed by atoms with Crippen LogP contribution in [0.1, 0.15) is 26.2 Å². The Kier molecular flexibility index (Phi) is 3.76. The Morgan fingerprint density at radius 3 is 2.85 bits per heavy atom. The van der Waals surface area contributed by atoms with Crippen molar-refractivity contribution in [3.63, 3.8) is 0 Å². The van der Waals surface area contributed by atoms with Crippen molar-refractivity contribution in [2.24, 2.45) is 11.8 Å². The molecule has 1 aliphatic carbocycles. The number of likely N-dealkylation sites (tertiary alicyclic amines) is 1. The summed E-state index contributed by atoms with van der Waals surface area (Å²) in [4.78, 5) is 14.4. The van der Waals surface area contributed by atoms with Crippen LogP contribution in [0.25, 0.3) is 22.3 Å². The van der Waals surface area contributed by atoms with Crippen LogP contribution in [0.4, 0.5) is 0 Å². The van der Waals surface area contributed by atoms with Gasteiger partial charge in [-0.2, -0.15) is 10.4 Å². The molecule has 0 unspecified atom stereocenters. The van der Waals surface area contributed by atoms with Crippen LogP contribution in [0.3, 0.4) is 0 Å². The van der Waals surface area contributed by atoms with Gasteiger partial charge in [0, 0.05) is 36.4 Å². The molecule has 7 nitrogen and oxygen atoms in total. The predicted octanol–water partition coefficient (Wildman–Crippen LogP) is 2.79. The van der Waals surface area contributed by atoms with Gasteiger partial charge in [0.25, 0.3) is 0 Å². The number of aromatic amines is 1. The zero-order chi connectivity index (χ0) is 18.4. The zero-order valence-electron chi connectivity index (χ0n) is 15.5. The largest absolute Gasteiger partial charge is 0.346 e. The number of nitrogens with zero attached hydrogens (tertiary/aromatic N) is 6. The minimum Gasteiger partial charge on any atom is -0.346 e. The summed E-state index contributed by atoms with van der Waals surface area (Å²) in [7, 11) is 0. The molecule has 3 aromatic rings. The Morgan fingerprint density at radius 1 is 1.30 bits per heavy atom. The predicted molar refractivity (Wildman–Crippen MR) is 102 cm³/mol. The van der Waals surface area contributed by atoms with Gasteiger partial charge in [0.05, 0.1) is 29.9 Å². The molecule has 3 atom stereocenters. The maximum Gasteiger partial charge on any atom is 0.141 e. The molecule has 1 saturated carbocycles. The highest BCUT2D eigenvalue weighted by atomic mass is 15.3. The third-order valence-electron chi connectivity index (χ3n) is 6.49. The number of nitrogens with one attached hydrogen (secondary N) is 1. The number of H-pyrrole nitrogens is 1. The smallest absolute Gasteiger partial charge is 0.141 e. The maximum atomic E-state index is 9.53. The molecule has 2 fully saturated rings. The second-order valence-corrected chi connectivity index (χ2v) is 7.98. The number of aromatic nitrogens is 5. The summed E-state index contributed by atoms with van der Waals surface area (Å²) in [6, 6.07) is 4.43. The van der Waals surface area contributed by atoms with Gasteiger partial charge in [-0.25, -0.2) is 9.97 Å². The Balaban J connectivity index is 1.49. The van der Waals surface area contributed by atoms with E-state index in [2.05, 4.69) is 43.7 Å². The molecule has 27 heavy (non-hydrogen) atoms. The molecule has 1 N–H and O–H groups in total. The van der Waals surface area contributed by atoms with E-state index in [0.717, 1.165) is 54.8 Å². The van der Waals surface area contributed by atoms with Crippen molar-refractivity contribution < 1.29 is 0 Å². The van der Waals surface area contributed by atoms with E-state index in [1.165, 1.54) is 0 Å². The fourth-order valence-corrected chi connectivity index (χ4v) is 5.18. The highest BCUT2D eigenvalue weighted by Crippen LogP contribution is 2.49. The number of hydrogen-bond donors (Lipinski definition) is 1. The van der Waals surface area contributed by atoms with Gasteiger partial charge in [0.2, 0.25) is 0 Å². The van der Waals surface area contributed by atoms with Crippen LogP contribution in [-0.4, -0.2) is 49.3 Å². The molecule has 0 radical (unpaired) electrons. The summed E-state index contributed by atoms with van der Waals surface area (Å²) in [5.74, 6) is 1.34. The average Bonchev–Trinajstić information content (AvgIpc) is 3.43. The first kappa shape index (κ1) is 16.5. The van der Waals surface area contributed by atoms with Crippen molar-refractivity contribution in [1.82, 2.24) is 29.6 Å². The summed E-state index contributed by atoms with van der Waals surface area (Å²) in [6.45, 7) is 5.65. The van der Waals surface area contributed by atoms with Gasteiger partial charge in [-0.3, -0.25) is 4.68 Å². The lowest BCUT2D eigenvalue weighted by Crippen LogP contribution is -2.34. The molecule has 7 heteroatoms. The SMILES string of the molecule is CCN1C[C@@H]2C[C@@](CC#N)(n3cc(-c4ncnc5[nH]ccc45)cn3)C[C@@H]2C1. The fourth-order valence-electron chi connectivity index (χ4n) is 5.18. The molecule has 0 amide bonds. The number of rotatable bonds is 4. The van der Waals surface area contributed by atoms with Crippen LogP contribution in [0.5, 0.6) is 0 Å². The summed E-state index contributed by atoms with van der Waals surface area (Å²) in [5.41, 5.74) is 2.50. The van der Waals surface area contributed by atoms with E-state index in [-0.39, 0.29) is 5.54 Å². The molecule has 1 aliphatic heterocycles. The number of nitriles is 1. The zero-order valence-corrected chi connectivity index (χ0v) is 15.5. The Labute approximate surface area is 158 Å². The molecule has 138 valence electrons. The summed E-state index contributed by atoms with van der Waals surface area (Å²) in [6.07, 6.45) is 9.98. The van der Waals surface area contributed by atoms with Crippen molar-refractivity contribution in [2.45, 2.75) is 31.7 Å². The Hall–Kier alpha value is -2.72. The topological polar surface area (TPSA) is 86.4 Å². The monoisotopic (exact) mass is 361 g/mol. The summed E-state index contributed by atoms with van der Waals surface area (Å²) in [5, 5.41) is 15.2. The van der Waals surface area contributed by atoms with E-state index in [1.54, 1.807) is 6.33 Å². The van der Waals surface area contributed by atoms with E-state index >= 15 is 0 Å². The van der Waals surface area contributed by atoms with E-state index in [0.29, 0.717) is 18.3 Å². The summed E-state index contributed by atoms with van der Waals surface area (Å²) >= 11 is 0. The van der Waals surface area contributed by atoms with E-state index in [4.69, 9.17) is 5.10 Å². The summed E-state index contributed by atoms with van der Waals surface area (Å²) < 4.78 is 2.06. The number of fused-ring (bicyclic) bond motifs is 2. The van der Waals surface area contributed by atoms with Crippen LogP contribution in [-0.2, 0) is 5.54 Å². The highest BCUT2D eigenvalue weighted by Gasteiger charge is 2.50. The maximum absolute atomic E-state index is 9.53. The Morgan fingerprint density at radius 2 is 2.11 bits per heavy atom. The molecular formula is C20H23N7. The second-order valence-electron chi connectivity index (χ2n) is 7.98. The number of hydrogen-bond acceptors (Lipinski definition) is 5. The van der Waals surface area contributed by atoms with Crippen LogP contribution in [0, 0.1) is 23.2 Å². The van der Waals surface area contributed by atoms with Gasteiger partial charge in [-0.1, -0.05) is 6.92 Å². The van der Waals surface area contributed by atoms with E-state index < -0.39 is 0 Å². The van der Waals surface area contributed by atoms with Crippen molar-refractivity contribution in [2.75, 3.05) is 19.6 Å². The van der Waals surface area contributed by atoms with Crippen LogP contribution in [0.15, 0.2) is 31.0 Å². The minimum absolute atomic E-state index is 0.188. The van der Waals surface area contributed by atoms with Gasteiger partial charge in [-0.05, 0) is 37.3 Å². The van der Waals surface area contributed by atoms with Crippen LogP contribution in [0.2, 0.25) is 0 Å². The first-order valence-electron chi connectivity index (χ1n) is 9.65. The lowest BCUT2D eigenvalue weighted by atomic mass is 9.92. The molecule has 1 saturated heterocycles. The third kappa shape index (κ3) is 2.55. The molecule has 0 aromatic carbocycles. The lowest BCUT2D eigenvalue weighted by Gasteiger charge is -2.29. The highest BCUT2D eigenvalue weighted by molar-refractivity contribution is 5.89. The van der Waals surface area contributed by atoms with Gasteiger partial charge in [-0.15, -0.1) is 0 Å².